The predicted octanol–water partition coefficient (Wildman–Crippen LogP) is 4.11. The van der Waals surface area contributed by atoms with Gasteiger partial charge in [0.2, 0.25) is 0 Å². The lowest BCUT2D eigenvalue weighted by atomic mass is 9.97. The molecule has 3 aromatic rings. The van der Waals surface area contributed by atoms with Crippen molar-refractivity contribution in [2.24, 2.45) is 0 Å². The maximum atomic E-state index is 13.0. The van der Waals surface area contributed by atoms with Crippen molar-refractivity contribution in [2.45, 2.75) is 25.9 Å². The fourth-order valence-corrected chi connectivity index (χ4v) is 2.83. The van der Waals surface area contributed by atoms with E-state index in [9.17, 15) is 4.79 Å². The smallest absolute Gasteiger partial charge is 0.196 e. The molecule has 5 nitrogen and oxygen atoms in total. The van der Waals surface area contributed by atoms with Crippen molar-refractivity contribution >= 4 is 17.2 Å². The minimum atomic E-state index is -0.569. The number of nitrogens with one attached hydrogen (secondary N) is 1. The van der Waals surface area contributed by atoms with Crippen molar-refractivity contribution < 1.29 is 9.53 Å². The number of anilines is 2. The van der Waals surface area contributed by atoms with E-state index in [1.165, 1.54) is 0 Å². The Morgan fingerprint density at radius 3 is 2.50 bits per heavy atom. The van der Waals surface area contributed by atoms with Crippen LogP contribution in [0.1, 0.15) is 41.9 Å². The van der Waals surface area contributed by atoms with E-state index in [2.05, 4.69) is 4.98 Å². The molecule has 5 heteroatoms. The number of aromatic amines is 1. The molecule has 0 radical (unpaired) electrons. The number of para-hydroxylation sites is 1. The molecule has 1 aromatic heterocycles. The number of nitrogen functional groups attached to an aromatic ring is 2. The second-order valence-corrected chi connectivity index (χ2v) is 6.44. The van der Waals surface area contributed by atoms with Gasteiger partial charge < -0.3 is 21.2 Å². The molecule has 5 N–H and O–H groups in total. The molecule has 0 aliphatic rings. The van der Waals surface area contributed by atoms with Gasteiger partial charge in [-0.15, -0.1) is 0 Å². The first-order chi connectivity index (χ1) is 12.4. The van der Waals surface area contributed by atoms with Crippen molar-refractivity contribution in [1.29, 1.82) is 0 Å². The largest absolute Gasteiger partial charge is 0.481 e. The van der Waals surface area contributed by atoms with Gasteiger partial charge in [-0.2, -0.15) is 0 Å². The van der Waals surface area contributed by atoms with E-state index < -0.39 is 5.60 Å². The van der Waals surface area contributed by atoms with Crippen LogP contribution in [0.2, 0.25) is 0 Å². The molecule has 0 aliphatic carbocycles. The summed E-state index contributed by atoms with van der Waals surface area (Å²) >= 11 is 0. The average Bonchev–Trinajstić information content (AvgIpc) is 3.19. The highest BCUT2D eigenvalue weighted by atomic mass is 16.5. The molecule has 0 saturated carbocycles. The van der Waals surface area contributed by atoms with Crippen LogP contribution < -0.4 is 16.2 Å². The lowest BCUT2D eigenvalue weighted by molar-refractivity contribution is 0.0759. The number of benzene rings is 2. The second-order valence-electron chi connectivity index (χ2n) is 6.44. The summed E-state index contributed by atoms with van der Waals surface area (Å²) < 4.78 is 6.32. The Morgan fingerprint density at radius 2 is 1.85 bits per heavy atom. The van der Waals surface area contributed by atoms with Crippen LogP contribution in [-0.4, -0.2) is 10.8 Å². The topological polar surface area (TPSA) is 94.1 Å². The summed E-state index contributed by atoms with van der Waals surface area (Å²) in [7, 11) is 0. The zero-order chi connectivity index (χ0) is 18.7. The van der Waals surface area contributed by atoms with Gasteiger partial charge >= 0.3 is 0 Å². The molecular weight excluding hydrogens is 326 g/mol. The van der Waals surface area contributed by atoms with Gasteiger partial charge in [0, 0.05) is 11.8 Å². The van der Waals surface area contributed by atoms with E-state index in [-0.39, 0.29) is 5.78 Å². The highest BCUT2D eigenvalue weighted by Gasteiger charge is 2.29. The molecular formula is C21H23N3O2. The number of carbonyl (C=O) groups excluding carboxylic acids is 1. The van der Waals surface area contributed by atoms with E-state index in [0.29, 0.717) is 28.3 Å². The van der Waals surface area contributed by atoms with Crippen molar-refractivity contribution in [3.05, 3.63) is 77.6 Å². The molecule has 1 heterocycles. The van der Waals surface area contributed by atoms with Gasteiger partial charge in [0.1, 0.15) is 11.4 Å². The molecule has 26 heavy (non-hydrogen) atoms. The van der Waals surface area contributed by atoms with Gasteiger partial charge in [-0.05, 0) is 55.8 Å². The van der Waals surface area contributed by atoms with Crippen molar-refractivity contribution in [3.63, 3.8) is 0 Å². The predicted molar refractivity (Wildman–Crippen MR) is 104 cm³/mol. The number of hydrogen-bond acceptors (Lipinski definition) is 4. The summed E-state index contributed by atoms with van der Waals surface area (Å²) in [5.41, 5.74) is 13.8. The third-order valence-corrected chi connectivity index (χ3v) is 4.66. The summed E-state index contributed by atoms with van der Waals surface area (Å²) in [4.78, 5) is 16.2. The Bertz CT molecular complexity index is 919. The monoisotopic (exact) mass is 349 g/mol. The number of ether oxygens (including phenoxy) is 1. The lowest BCUT2D eigenvalue weighted by Crippen LogP contribution is -2.29. The fraction of sp³-hybridized carbons (Fsp3) is 0.190. The van der Waals surface area contributed by atoms with E-state index in [0.717, 1.165) is 12.1 Å². The molecule has 0 fully saturated rings. The normalized spacial score (nSPS) is 13.2. The third-order valence-electron chi connectivity index (χ3n) is 4.66. The Kier molecular flexibility index (Phi) is 4.71. The van der Waals surface area contributed by atoms with Gasteiger partial charge in [-0.25, -0.2) is 0 Å². The summed E-state index contributed by atoms with van der Waals surface area (Å²) in [5.74, 6) is 0.379. The molecule has 3 rings (SSSR count). The van der Waals surface area contributed by atoms with Crippen LogP contribution >= 0.6 is 0 Å². The van der Waals surface area contributed by atoms with Crippen LogP contribution in [0.3, 0.4) is 0 Å². The average molecular weight is 349 g/mol. The first kappa shape index (κ1) is 17.6. The lowest BCUT2D eigenvalue weighted by Gasteiger charge is -2.29. The number of ketones is 1. The quantitative estimate of drug-likeness (QED) is 0.461. The van der Waals surface area contributed by atoms with Crippen LogP contribution in [0.15, 0.2) is 60.8 Å². The molecule has 0 saturated heterocycles. The Morgan fingerprint density at radius 1 is 1.08 bits per heavy atom. The molecule has 1 atom stereocenters. The first-order valence-electron chi connectivity index (χ1n) is 8.56. The van der Waals surface area contributed by atoms with Crippen LogP contribution in [-0.2, 0) is 5.60 Å². The van der Waals surface area contributed by atoms with Gasteiger partial charge in [0.15, 0.2) is 5.78 Å². The van der Waals surface area contributed by atoms with Gasteiger partial charge in [0.25, 0.3) is 0 Å². The van der Waals surface area contributed by atoms with Gasteiger partial charge in [-0.3, -0.25) is 4.79 Å². The number of rotatable bonds is 6. The van der Waals surface area contributed by atoms with Crippen LogP contribution in [0.5, 0.6) is 5.75 Å². The molecule has 0 bridgehead atoms. The zero-order valence-electron chi connectivity index (χ0n) is 15.0. The molecule has 134 valence electrons. The summed E-state index contributed by atoms with van der Waals surface area (Å²) in [5, 5.41) is 0. The fourth-order valence-electron chi connectivity index (χ4n) is 2.83. The van der Waals surface area contributed by atoms with E-state index >= 15 is 0 Å². The minimum Gasteiger partial charge on any atom is -0.481 e. The standard InChI is InChI=1S/C21H23N3O2/c1-3-21(2,19-9-6-12-24-19)26-18-8-5-4-7-15(18)20(25)14-10-11-16(22)17(23)13-14/h4-13,24H,3,22-23H2,1-2H3. The number of H-pyrrole nitrogens is 1. The molecule has 2 aromatic carbocycles. The Hall–Kier alpha value is -3.21. The number of carbonyl (C=O) groups is 1. The van der Waals surface area contributed by atoms with Gasteiger partial charge in [-0.1, -0.05) is 19.1 Å². The van der Waals surface area contributed by atoms with Crippen molar-refractivity contribution in [1.82, 2.24) is 4.98 Å². The molecule has 0 amide bonds. The van der Waals surface area contributed by atoms with Crippen molar-refractivity contribution in [3.8, 4) is 5.75 Å². The van der Waals surface area contributed by atoms with Crippen LogP contribution in [0.25, 0.3) is 0 Å². The highest BCUT2D eigenvalue weighted by Crippen LogP contribution is 2.33. The second kappa shape index (κ2) is 6.96. The van der Waals surface area contributed by atoms with E-state index in [1.54, 1.807) is 24.3 Å². The number of aromatic nitrogens is 1. The van der Waals surface area contributed by atoms with Crippen LogP contribution in [0.4, 0.5) is 11.4 Å². The maximum Gasteiger partial charge on any atom is 0.196 e. The summed E-state index contributed by atoms with van der Waals surface area (Å²) in [6.07, 6.45) is 2.60. The zero-order valence-corrected chi connectivity index (χ0v) is 15.0. The third kappa shape index (κ3) is 3.28. The van der Waals surface area contributed by atoms with Gasteiger partial charge in [0.05, 0.1) is 22.6 Å². The number of hydrogen-bond donors (Lipinski definition) is 3. The molecule has 0 aliphatic heterocycles. The SMILES string of the molecule is CCC(C)(Oc1ccccc1C(=O)c1ccc(N)c(N)c1)c1ccc[nH]1. The number of nitrogens with two attached hydrogens (primary N) is 2. The summed E-state index contributed by atoms with van der Waals surface area (Å²) in [6, 6.07) is 16.1. The van der Waals surface area contributed by atoms with Crippen LogP contribution in [0, 0.1) is 0 Å². The highest BCUT2D eigenvalue weighted by molar-refractivity contribution is 6.11. The summed E-state index contributed by atoms with van der Waals surface area (Å²) in [6.45, 7) is 4.05. The first-order valence-corrected chi connectivity index (χ1v) is 8.56. The van der Waals surface area contributed by atoms with Crippen molar-refractivity contribution in [2.75, 3.05) is 11.5 Å². The Labute approximate surface area is 153 Å². The molecule has 0 spiro atoms. The Balaban J connectivity index is 1.98. The maximum absolute atomic E-state index is 13.0. The molecule has 1 unspecified atom stereocenters. The van der Waals surface area contributed by atoms with E-state index in [1.807, 2.05) is 50.4 Å². The van der Waals surface area contributed by atoms with E-state index in [4.69, 9.17) is 16.2 Å². The minimum absolute atomic E-state index is 0.155.